The summed E-state index contributed by atoms with van der Waals surface area (Å²) in [5.41, 5.74) is 3.98. The summed E-state index contributed by atoms with van der Waals surface area (Å²) in [7, 11) is 0. The molecule has 0 saturated heterocycles. The van der Waals surface area contributed by atoms with Gasteiger partial charge in [0.25, 0.3) is 0 Å². The minimum atomic E-state index is 0.506. The predicted octanol–water partition coefficient (Wildman–Crippen LogP) is 3.38. The van der Waals surface area contributed by atoms with Crippen molar-refractivity contribution in [2.45, 2.75) is 40.2 Å². The highest BCUT2D eigenvalue weighted by Gasteiger charge is 1.98. The van der Waals surface area contributed by atoms with Crippen molar-refractivity contribution in [3.8, 4) is 0 Å². The molecule has 1 rings (SSSR count). The third-order valence-corrected chi connectivity index (χ3v) is 2.00. The summed E-state index contributed by atoms with van der Waals surface area (Å²) in [6, 6.07) is 7.17. The molecule has 0 aliphatic carbocycles. The normalized spacial score (nSPS) is 10.5. The first-order valence-corrected chi connectivity index (χ1v) is 4.99. The van der Waals surface area contributed by atoms with E-state index in [-0.39, 0.29) is 0 Å². The van der Waals surface area contributed by atoms with Crippen LogP contribution in [0, 0.1) is 6.92 Å². The zero-order chi connectivity index (χ0) is 9.84. The fraction of sp³-hybridized carbons (Fsp3) is 0.500. The van der Waals surface area contributed by atoms with Gasteiger partial charge in [0.1, 0.15) is 0 Å². The van der Waals surface area contributed by atoms with E-state index in [1.54, 1.807) is 0 Å². The Morgan fingerprint density at radius 1 is 1.23 bits per heavy atom. The summed E-state index contributed by atoms with van der Waals surface area (Å²) < 4.78 is 0. The van der Waals surface area contributed by atoms with Crippen molar-refractivity contribution < 1.29 is 0 Å². The number of aryl methyl sites for hydroxylation is 2. The van der Waals surface area contributed by atoms with Crippen LogP contribution in [0.25, 0.3) is 0 Å². The molecule has 0 aliphatic heterocycles. The lowest BCUT2D eigenvalue weighted by Gasteiger charge is -2.12. The van der Waals surface area contributed by atoms with E-state index in [9.17, 15) is 0 Å². The highest BCUT2D eigenvalue weighted by molar-refractivity contribution is 5.49. The Hall–Kier alpha value is -0.980. The zero-order valence-electron chi connectivity index (χ0n) is 9.02. The van der Waals surface area contributed by atoms with Crippen molar-refractivity contribution in [1.82, 2.24) is 0 Å². The third-order valence-electron chi connectivity index (χ3n) is 2.00. The van der Waals surface area contributed by atoms with Crippen LogP contribution in [0.2, 0.25) is 0 Å². The van der Waals surface area contributed by atoms with Crippen LogP contribution in [0.1, 0.15) is 31.9 Å². The van der Waals surface area contributed by atoms with Crippen molar-refractivity contribution in [2.75, 3.05) is 5.32 Å². The van der Waals surface area contributed by atoms with E-state index in [0.717, 1.165) is 6.42 Å². The molecule has 0 spiro atoms. The van der Waals surface area contributed by atoms with Gasteiger partial charge in [-0.2, -0.15) is 0 Å². The van der Waals surface area contributed by atoms with Crippen LogP contribution in [0.5, 0.6) is 0 Å². The number of rotatable bonds is 3. The lowest BCUT2D eigenvalue weighted by Crippen LogP contribution is -2.09. The fourth-order valence-corrected chi connectivity index (χ4v) is 1.48. The van der Waals surface area contributed by atoms with Crippen molar-refractivity contribution in [2.24, 2.45) is 0 Å². The highest BCUT2D eigenvalue weighted by atomic mass is 14.9. The van der Waals surface area contributed by atoms with Gasteiger partial charge in [-0.15, -0.1) is 0 Å². The minimum Gasteiger partial charge on any atom is -0.383 e. The molecule has 1 heteroatoms. The molecule has 13 heavy (non-hydrogen) atoms. The maximum Gasteiger partial charge on any atom is 0.0347 e. The van der Waals surface area contributed by atoms with Crippen molar-refractivity contribution in [3.63, 3.8) is 0 Å². The molecule has 72 valence electrons. The second kappa shape index (κ2) is 4.31. The minimum absolute atomic E-state index is 0.506. The summed E-state index contributed by atoms with van der Waals surface area (Å²) in [4.78, 5) is 0. The molecule has 0 fully saturated rings. The Balaban J connectivity index is 2.88. The average Bonchev–Trinajstić information content (AvgIpc) is 2.01. The van der Waals surface area contributed by atoms with Gasteiger partial charge in [0.05, 0.1) is 0 Å². The van der Waals surface area contributed by atoms with Crippen molar-refractivity contribution >= 4 is 5.69 Å². The van der Waals surface area contributed by atoms with E-state index in [0.29, 0.717) is 6.04 Å². The van der Waals surface area contributed by atoms with E-state index in [1.807, 2.05) is 0 Å². The molecule has 0 bridgehead atoms. The topological polar surface area (TPSA) is 12.0 Å². The van der Waals surface area contributed by atoms with Gasteiger partial charge in [-0.1, -0.05) is 13.0 Å². The Bertz CT molecular complexity index is 276. The monoisotopic (exact) mass is 177 g/mol. The van der Waals surface area contributed by atoms with Gasteiger partial charge in [-0.3, -0.25) is 0 Å². The molecule has 1 aromatic rings. The number of benzene rings is 1. The van der Waals surface area contributed by atoms with Crippen LogP contribution in [-0.4, -0.2) is 6.04 Å². The molecule has 0 aromatic heterocycles. The largest absolute Gasteiger partial charge is 0.383 e. The van der Waals surface area contributed by atoms with Crippen molar-refractivity contribution in [1.29, 1.82) is 0 Å². The van der Waals surface area contributed by atoms with Gasteiger partial charge < -0.3 is 5.32 Å². The van der Waals surface area contributed by atoms with E-state index in [4.69, 9.17) is 0 Å². The molecule has 0 atom stereocenters. The standard InChI is InChI=1S/C12H19N/c1-5-11-6-10(4)7-12(8-11)13-9(2)3/h6-9,13H,5H2,1-4H3. The average molecular weight is 177 g/mol. The van der Waals surface area contributed by atoms with E-state index >= 15 is 0 Å². The van der Waals surface area contributed by atoms with Crippen LogP contribution in [0.3, 0.4) is 0 Å². The Morgan fingerprint density at radius 2 is 1.92 bits per heavy atom. The molecule has 0 aliphatic rings. The molecule has 1 aromatic carbocycles. The van der Waals surface area contributed by atoms with Crippen LogP contribution >= 0.6 is 0 Å². The predicted molar refractivity (Wildman–Crippen MR) is 59.3 cm³/mol. The molecule has 1 N–H and O–H groups in total. The Labute approximate surface area is 81.2 Å². The summed E-state index contributed by atoms with van der Waals surface area (Å²) in [5, 5.41) is 3.42. The van der Waals surface area contributed by atoms with Crippen LogP contribution < -0.4 is 5.32 Å². The number of hydrogen-bond acceptors (Lipinski definition) is 1. The van der Waals surface area contributed by atoms with Gasteiger partial charge >= 0.3 is 0 Å². The maximum absolute atomic E-state index is 3.42. The number of hydrogen-bond donors (Lipinski definition) is 1. The van der Waals surface area contributed by atoms with Gasteiger partial charge in [0.15, 0.2) is 0 Å². The van der Waals surface area contributed by atoms with Crippen LogP contribution in [0.4, 0.5) is 5.69 Å². The summed E-state index contributed by atoms with van der Waals surface area (Å²) in [5.74, 6) is 0. The Kier molecular flexibility index (Phi) is 3.35. The van der Waals surface area contributed by atoms with E-state index in [1.165, 1.54) is 16.8 Å². The first kappa shape index (κ1) is 10.1. The quantitative estimate of drug-likeness (QED) is 0.746. The smallest absolute Gasteiger partial charge is 0.0347 e. The molecular formula is C12H19N. The molecular weight excluding hydrogens is 158 g/mol. The molecule has 0 heterocycles. The second-order valence-corrected chi connectivity index (χ2v) is 3.86. The first-order chi connectivity index (χ1) is 6.11. The van der Waals surface area contributed by atoms with Gasteiger partial charge in [-0.25, -0.2) is 0 Å². The number of anilines is 1. The number of nitrogens with one attached hydrogen (secondary N) is 1. The second-order valence-electron chi connectivity index (χ2n) is 3.86. The highest BCUT2D eigenvalue weighted by Crippen LogP contribution is 2.15. The van der Waals surface area contributed by atoms with Gasteiger partial charge in [0, 0.05) is 11.7 Å². The summed E-state index contributed by atoms with van der Waals surface area (Å²) in [6.45, 7) is 8.65. The summed E-state index contributed by atoms with van der Waals surface area (Å²) in [6.07, 6.45) is 1.11. The summed E-state index contributed by atoms with van der Waals surface area (Å²) >= 11 is 0. The third kappa shape index (κ3) is 3.10. The Morgan fingerprint density at radius 3 is 2.46 bits per heavy atom. The van der Waals surface area contributed by atoms with E-state index in [2.05, 4.69) is 51.2 Å². The maximum atomic E-state index is 3.42. The molecule has 1 nitrogen and oxygen atoms in total. The SMILES string of the molecule is CCc1cc(C)cc(NC(C)C)c1. The molecule has 0 unspecified atom stereocenters. The van der Waals surface area contributed by atoms with E-state index < -0.39 is 0 Å². The zero-order valence-corrected chi connectivity index (χ0v) is 9.02. The van der Waals surface area contributed by atoms with Gasteiger partial charge in [0.2, 0.25) is 0 Å². The fourth-order valence-electron chi connectivity index (χ4n) is 1.48. The van der Waals surface area contributed by atoms with Gasteiger partial charge in [-0.05, 0) is 50.5 Å². The van der Waals surface area contributed by atoms with Crippen LogP contribution in [-0.2, 0) is 6.42 Å². The lowest BCUT2D eigenvalue weighted by atomic mass is 10.1. The molecule has 0 radical (unpaired) electrons. The lowest BCUT2D eigenvalue weighted by molar-refractivity contribution is 0.898. The van der Waals surface area contributed by atoms with Crippen molar-refractivity contribution in [3.05, 3.63) is 29.3 Å². The first-order valence-electron chi connectivity index (χ1n) is 4.99. The van der Waals surface area contributed by atoms with Crippen LogP contribution in [0.15, 0.2) is 18.2 Å². The molecule has 0 amide bonds. The molecule has 0 saturated carbocycles.